The molecule has 0 aliphatic heterocycles. The van der Waals surface area contributed by atoms with Crippen LogP contribution in [-0.4, -0.2) is 10.2 Å². The van der Waals surface area contributed by atoms with Crippen molar-refractivity contribution in [1.29, 1.82) is 0 Å². The van der Waals surface area contributed by atoms with Crippen molar-refractivity contribution in [2.45, 2.75) is 6.61 Å². The number of phenols is 1. The van der Waals surface area contributed by atoms with Gasteiger partial charge in [-0.05, 0) is 15.9 Å². The van der Waals surface area contributed by atoms with Gasteiger partial charge in [0.15, 0.2) is 11.6 Å². The number of aromatic hydroxyl groups is 1. The summed E-state index contributed by atoms with van der Waals surface area (Å²) >= 11 is 8.45. The number of halogens is 3. The van der Waals surface area contributed by atoms with Gasteiger partial charge in [0.2, 0.25) is 0 Å². The molecule has 0 aliphatic rings. The van der Waals surface area contributed by atoms with Crippen LogP contribution >= 0.6 is 27.5 Å². The molecule has 0 bridgehead atoms. The molecule has 0 amide bonds. The van der Waals surface area contributed by atoms with Crippen molar-refractivity contribution in [3.63, 3.8) is 0 Å². The van der Waals surface area contributed by atoms with Gasteiger partial charge in [0, 0.05) is 11.6 Å². The van der Waals surface area contributed by atoms with Crippen molar-refractivity contribution < 1.29 is 14.6 Å². The molecule has 0 saturated carbocycles. The Morgan fingerprint density at radius 1 is 1.58 bits per heavy atom. The van der Waals surface area contributed by atoms with Crippen LogP contribution in [0.15, 0.2) is 10.5 Å². The second kappa shape index (κ2) is 3.60. The van der Waals surface area contributed by atoms with Crippen molar-refractivity contribution in [1.82, 2.24) is 0 Å². The number of benzene rings is 1. The Morgan fingerprint density at radius 3 is 2.67 bits per heavy atom. The Labute approximate surface area is 81.7 Å². The van der Waals surface area contributed by atoms with Gasteiger partial charge in [-0.15, -0.1) is 0 Å². The average Bonchev–Trinajstić information content (AvgIpc) is 2.01. The zero-order valence-corrected chi connectivity index (χ0v) is 8.15. The molecule has 2 N–H and O–H groups in total. The molecule has 0 fully saturated rings. The Bertz CT molecular complexity index is 317. The molecule has 0 aromatic heterocycles. The second-order valence-electron chi connectivity index (χ2n) is 2.14. The quantitative estimate of drug-likeness (QED) is 0.757. The number of hydrogen-bond acceptors (Lipinski definition) is 2. The number of phenolic OH excluding ortho intramolecular Hbond substituents is 1. The highest BCUT2D eigenvalue weighted by atomic mass is 79.9. The van der Waals surface area contributed by atoms with E-state index in [4.69, 9.17) is 21.8 Å². The highest BCUT2D eigenvalue weighted by molar-refractivity contribution is 9.10. The number of aliphatic hydroxyl groups excluding tert-OH is 1. The third-order valence-corrected chi connectivity index (χ3v) is 2.56. The lowest BCUT2D eigenvalue weighted by atomic mass is 10.2. The van der Waals surface area contributed by atoms with Crippen LogP contribution in [0.25, 0.3) is 0 Å². The predicted octanol–water partition coefficient (Wildman–Crippen LogP) is 2.44. The standard InChI is InChI=1S/C7H5BrClFO2/c8-6-3(2-11)4(9)1-5(12)7(6)10/h1,11-12H,2H2. The van der Waals surface area contributed by atoms with Crippen LogP contribution < -0.4 is 0 Å². The van der Waals surface area contributed by atoms with Gasteiger partial charge < -0.3 is 10.2 Å². The number of rotatable bonds is 1. The minimum absolute atomic E-state index is 0.00463. The summed E-state index contributed by atoms with van der Waals surface area (Å²) in [6, 6.07) is 1.05. The second-order valence-corrected chi connectivity index (χ2v) is 3.34. The van der Waals surface area contributed by atoms with Crippen LogP contribution in [0.1, 0.15) is 5.56 Å². The summed E-state index contributed by atoms with van der Waals surface area (Å²) in [5.41, 5.74) is 0.229. The molecular weight excluding hydrogens is 250 g/mol. The topological polar surface area (TPSA) is 40.5 Å². The Kier molecular flexibility index (Phi) is 2.93. The zero-order chi connectivity index (χ0) is 9.30. The summed E-state index contributed by atoms with van der Waals surface area (Å²) in [5, 5.41) is 17.8. The monoisotopic (exact) mass is 254 g/mol. The van der Waals surface area contributed by atoms with Crippen LogP contribution in [0, 0.1) is 5.82 Å². The smallest absolute Gasteiger partial charge is 0.179 e. The van der Waals surface area contributed by atoms with E-state index in [-0.39, 0.29) is 21.7 Å². The van der Waals surface area contributed by atoms with E-state index in [1.54, 1.807) is 0 Å². The van der Waals surface area contributed by atoms with Crippen molar-refractivity contribution >= 4 is 27.5 Å². The Hall–Kier alpha value is -0.320. The molecule has 5 heteroatoms. The molecule has 66 valence electrons. The van der Waals surface area contributed by atoms with Crippen molar-refractivity contribution in [2.75, 3.05) is 0 Å². The van der Waals surface area contributed by atoms with Gasteiger partial charge in [0.05, 0.1) is 16.1 Å². The van der Waals surface area contributed by atoms with Crippen LogP contribution in [0.2, 0.25) is 5.02 Å². The molecular formula is C7H5BrClFO2. The first-order chi connectivity index (χ1) is 5.57. The SMILES string of the molecule is OCc1c(Cl)cc(O)c(F)c1Br. The predicted molar refractivity (Wildman–Crippen MR) is 46.7 cm³/mol. The molecule has 0 spiro atoms. The average molecular weight is 255 g/mol. The molecule has 1 aromatic rings. The van der Waals surface area contributed by atoms with Crippen LogP contribution in [0.4, 0.5) is 4.39 Å². The van der Waals surface area contributed by atoms with E-state index < -0.39 is 11.6 Å². The van der Waals surface area contributed by atoms with E-state index in [1.165, 1.54) is 0 Å². The maximum atomic E-state index is 12.9. The van der Waals surface area contributed by atoms with Gasteiger partial charge in [-0.2, -0.15) is 0 Å². The van der Waals surface area contributed by atoms with Gasteiger partial charge in [-0.25, -0.2) is 4.39 Å². The minimum Gasteiger partial charge on any atom is -0.505 e. The minimum atomic E-state index is -0.816. The third kappa shape index (κ3) is 1.55. The fourth-order valence-corrected chi connectivity index (χ4v) is 1.68. The molecule has 0 aliphatic carbocycles. The largest absolute Gasteiger partial charge is 0.505 e. The molecule has 1 aromatic carbocycles. The first-order valence-electron chi connectivity index (χ1n) is 3.04. The summed E-state index contributed by atoms with van der Waals surface area (Å²) in [4.78, 5) is 0. The molecule has 0 heterocycles. The van der Waals surface area contributed by atoms with Crippen molar-refractivity contribution in [2.24, 2.45) is 0 Å². The molecule has 0 saturated heterocycles. The van der Waals surface area contributed by atoms with E-state index >= 15 is 0 Å². The maximum Gasteiger partial charge on any atom is 0.179 e. The van der Waals surface area contributed by atoms with E-state index in [2.05, 4.69) is 15.9 Å². The fourth-order valence-electron chi connectivity index (χ4n) is 0.765. The van der Waals surface area contributed by atoms with Crippen LogP contribution in [-0.2, 0) is 6.61 Å². The molecule has 12 heavy (non-hydrogen) atoms. The number of aliphatic hydroxyl groups is 1. The first-order valence-corrected chi connectivity index (χ1v) is 4.21. The molecule has 1 rings (SSSR count). The van der Waals surface area contributed by atoms with Gasteiger partial charge in [-0.3, -0.25) is 0 Å². The van der Waals surface area contributed by atoms with Crippen LogP contribution in [0.3, 0.4) is 0 Å². The van der Waals surface area contributed by atoms with Gasteiger partial charge in [0.1, 0.15) is 0 Å². The summed E-state index contributed by atoms with van der Waals surface area (Å²) in [6.07, 6.45) is 0. The lowest BCUT2D eigenvalue weighted by Gasteiger charge is -2.05. The molecule has 2 nitrogen and oxygen atoms in total. The Morgan fingerprint density at radius 2 is 2.17 bits per heavy atom. The van der Waals surface area contributed by atoms with Gasteiger partial charge >= 0.3 is 0 Å². The normalized spacial score (nSPS) is 10.3. The molecule has 0 radical (unpaired) electrons. The van der Waals surface area contributed by atoms with Crippen LogP contribution in [0.5, 0.6) is 5.75 Å². The Balaban J connectivity index is 3.40. The zero-order valence-electron chi connectivity index (χ0n) is 5.81. The summed E-state index contributed by atoms with van der Waals surface area (Å²) in [7, 11) is 0. The lowest BCUT2D eigenvalue weighted by molar-refractivity contribution is 0.280. The van der Waals surface area contributed by atoms with E-state index in [0.717, 1.165) is 6.07 Å². The third-order valence-electron chi connectivity index (χ3n) is 1.39. The van der Waals surface area contributed by atoms with E-state index in [1.807, 2.05) is 0 Å². The number of hydrogen-bond donors (Lipinski definition) is 2. The first kappa shape index (κ1) is 9.77. The lowest BCUT2D eigenvalue weighted by Crippen LogP contribution is -1.91. The highest BCUT2D eigenvalue weighted by Gasteiger charge is 2.13. The summed E-state index contributed by atoms with van der Waals surface area (Å²) in [6.45, 7) is -0.378. The summed E-state index contributed by atoms with van der Waals surface area (Å²) in [5.74, 6) is -1.35. The summed E-state index contributed by atoms with van der Waals surface area (Å²) < 4.78 is 12.9. The van der Waals surface area contributed by atoms with E-state index in [0.29, 0.717) is 0 Å². The van der Waals surface area contributed by atoms with E-state index in [9.17, 15) is 4.39 Å². The van der Waals surface area contributed by atoms with Crippen molar-refractivity contribution in [3.8, 4) is 5.75 Å². The fraction of sp³-hybridized carbons (Fsp3) is 0.143. The highest BCUT2D eigenvalue weighted by Crippen LogP contribution is 2.33. The molecule has 0 unspecified atom stereocenters. The van der Waals surface area contributed by atoms with Gasteiger partial charge in [0.25, 0.3) is 0 Å². The van der Waals surface area contributed by atoms with Crippen molar-refractivity contribution in [3.05, 3.63) is 26.9 Å². The maximum absolute atomic E-state index is 12.9. The molecule has 0 atom stereocenters. The van der Waals surface area contributed by atoms with Gasteiger partial charge in [-0.1, -0.05) is 11.6 Å².